The molecule has 0 aromatic rings. The molecule has 0 radical (unpaired) electrons. The van der Waals surface area contributed by atoms with Gasteiger partial charge in [-0.2, -0.15) is 0 Å². The Balaban J connectivity index is 1.46. The Morgan fingerprint density at radius 1 is 1.33 bits per heavy atom. The molecule has 0 aromatic heterocycles. The van der Waals surface area contributed by atoms with Crippen molar-refractivity contribution in [2.45, 2.75) is 44.8 Å². The van der Waals surface area contributed by atoms with Gasteiger partial charge in [0.25, 0.3) is 0 Å². The molecule has 0 amide bonds. The standard InChI is InChI=1S/C16H22O2/c1-16(2,18-11-15-10-17-15)7-3-4-13-8-12-5-6-14(13)9-12/h5-6,12-15H,4,8-11H2,1-2H3/t12-,13+,14-,15-/m0/s1. The van der Waals surface area contributed by atoms with Gasteiger partial charge in [-0.3, -0.25) is 0 Å². The van der Waals surface area contributed by atoms with Crippen LogP contribution in [0.5, 0.6) is 0 Å². The SMILES string of the molecule is CC(C)(C#CC[C@@H]1C[C@@H]2C=C[C@H]1C2)OC[C@@H]1CO1. The van der Waals surface area contributed by atoms with Crippen molar-refractivity contribution in [2.24, 2.45) is 17.8 Å². The van der Waals surface area contributed by atoms with Gasteiger partial charge in [0.15, 0.2) is 0 Å². The van der Waals surface area contributed by atoms with Crippen molar-refractivity contribution in [2.75, 3.05) is 13.2 Å². The van der Waals surface area contributed by atoms with Gasteiger partial charge in [0, 0.05) is 6.42 Å². The fourth-order valence-corrected chi connectivity index (χ4v) is 3.03. The quantitative estimate of drug-likeness (QED) is 0.432. The average molecular weight is 246 g/mol. The van der Waals surface area contributed by atoms with Gasteiger partial charge in [0.2, 0.25) is 0 Å². The van der Waals surface area contributed by atoms with Crippen LogP contribution in [-0.4, -0.2) is 24.9 Å². The van der Waals surface area contributed by atoms with Crippen LogP contribution in [0.3, 0.4) is 0 Å². The van der Waals surface area contributed by atoms with E-state index in [0.29, 0.717) is 12.7 Å². The van der Waals surface area contributed by atoms with E-state index in [1.165, 1.54) is 12.8 Å². The predicted molar refractivity (Wildman–Crippen MR) is 71.0 cm³/mol. The van der Waals surface area contributed by atoms with Crippen LogP contribution in [-0.2, 0) is 9.47 Å². The Bertz CT molecular complexity index is 395. The van der Waals surface area contributed by atoms with E-state index in [1.54, 1.807) is 0 Å². The monoisotopic (exact) mass is 246 g/mol. The number of hydrogen-bond acceptors (Lipinski definition) is 2. The third-order valence-electron chi connectivity index (χ3n) is 4.20. The van der Waals surface area contributed by atoms with Crippen LogP contribution in [0.15, 0.2) is 12.2 Å². The Labute approximate surface area is 110 Å². The minimum absolute atomic E-state index is 0.321. The molecule has 2 heteroatoms. The fraction of sp³-hybridized carbons (Fsp3) is 0.750. The Morgan fingerprint density at radius 3 is 2.78 bits per heavy atom. The molecule has 1 saturated carbocycles. The minimum atomic E-state index is -0.334. The molecule has 1 aliphatic heterocycles. The smallest absolute Gasteiger partial charge is 0.123 e. The van der Waals surface area contributed by atoms with Crippen molar-refractivity contribution in [1.29, 1.82) is 0 Å². The molecule has 0 aromatic carbocycles. The molecule has 2 nitrogen and oxygen atoms in total. The van der Waals surface area contributed by atoms with Crippen molar-refractivity contribution < 1.29 is 9.47 Å². The lowest BCUT2D eigenvalue weighted by molar-refractivity contribution is 0.0177. The molecule has 1 saturated heterocycles. The topological polar surface area (TPSA) is 21.8 Å². The summed E-state index contributed by atoms with van der Waals surface area (Å²) in [4.78, 5) is 0. The van der Waals surface area contributed by atoms with Gasteiger partial charge < -0.3 is 9.47 Å². The summed E-state index contributed by atoms with van der Waals surface area (Å²) < 4.78 is 10.9. The van der Waals surface area contributed by atoms with Crippen LogP contribution >= 0.6 is 0 Å². The predicted octanol–water partition coefficient (Wildman–Crippen LogP) is 2.79. The lowest BCUT2D eigenvalue weighted by Gasteiger charge is -2.19. The molecule has 2 fully saturated rings. The maximum Gasteiger partial charge on any atom is 0.123 e. The lowest BCUT2D eigenvalue weighted by Crippen LogP contribution is -2.24. The minimum Gasteiger partial charge on any atom is -0.371 e. The summed E-state index contributed by atoms with van der Waals surface area (Å²) in [5.74, 6) is 9.06. The van der Waals surface area contributed by atoms with E-state index in [1.807, 2.05) is 13.8 Å². The zero-order valence-corrected chi connectivity index (χ0v) is 11.3. The first kappa shape index (κ1) is 12.3. The van der Waals surface area contributed by atoms with E-state index in [2.05, 4.69) is 24.0 Å². The summed E-state index contributed by atoms with van der Waals surface area (Å²) in [6, 6.07) is 0. The van der Waals surface area contributed by atoms with Crippen LogP contribution in [0.4, 0.5) is 0 Å². The van der Waals surface area contributed by atoms with Gasteiger partial charge >= 0.3 is 0 Å². The van der Waals surface area contributed by atoms with Crippen molar-refractivity contribution >= 4 is 0 Å². The van der Waals surface area contributed by atoms with Crippen LogP contribution in [0.25, 0.3) is 0 Å². The zero-order valence-electron chi connectivity index (χ0n) is 11.3. The molecule has 1 heterocycles. The van der Waals surface area contributed by atoms with Gasteiger partial charge in [-0.25, -0.2) is 0 Å². The number of allylic oxidation sites excluding steroid dienone is 2. The third kappa shape index (κ3) is 2.96. The van der Waals surface area contributed by atoms with Crippen molar-refractivity contribution in [3.8, 4) is 11.8 Å². The number of fused-ring (bicyclic) bond motifs is 2. The molecule has 98 valence electrons. The number of hydrogen-bond donors (Lipinski definition) is 0. The van der Waals surface area contributed by atoms with Gasteiger partial charge in [-0.15, -0.1) is 0 Å². The third-order valence-corrected chi connectivity index (χ3v) is 4.20. The second-order valence-electron chi connectivity index (χ2n) is 6.32. The molecular weight excluding hydrogens is 224 g/mol. The summed E-state index contributed by atoms with van der Waals surface area (Å²) in [5.41, 5.74) is -0.334. The first-order valence-electron chi connectivity index (χ1n) is 7.06. The Kier molecular flexibility index (Phi) is 3.21. The lowest BCUT2D eigenvalue weighted by atomic mass is 9.90. The summed E-state index contributed by atoms with van der Waals surface area (Å²) in [6.07, 6.45) is 8.84. The van der Waals surface area contributed by atoms with Crippen LogP contribution < -0.4 is 0 Å². The molecule has 0 spiro atoms. The highest BCUT2D eigenvalue weighted by Crippen LogP contribution is 2.44. The molecular formula is C16H22O2. The van der Waals surface area contributed by atoms with E-state index in [-0.39, 0.29) is 5.60 Å². The average Bonchev–Trinajstić information content (AvgIpc) is 2.94. The number of ether oxygens (including phenoxy) is 2. The van der Waals surface area contributed by atoms with E-state index in [0.717, 1.165) is 30.8 Å². The van der Waals surface area contributed by atoms with Gasteiger partial charge in [0.05, 0.1) is 13.2 Å². The molecule has 2 bridgehead atoms. The van der Waals surface area contributed by atoms with Crippen LogP contribution in [0.1, 0.15) is 33.1 Å². The molecule has 0 N–H and O–H groups in total. The highest BCUT2D eigenvalue weighted by atomic mass is 16.6. The first-order valence-corrected chi connectivity index (χ1v) is 7.06. The van der Waals surface area contributed by atoms with E-state index >= 15 is 0 Å². The van der Waals surface area contributed by atoms with Crippen molar-refractivity contribution in [1.82, 2.24) is 0 Å². The molecule has 0 unspecified atom stereocenters. The van der Waals surface area contributed by atoms with Crippen LogP contribution in [0, 0.1) is 29.6 Å². The largest absolute Gasteiger partial charge is 0.371 e. The fourth-order valence-electron chi connectivity index (χ4n) is 3.03. The maximum atomic E-state index is 5.77. The normalized spacial score (nSPS) is 36.6. The molecule has 3 aliphatic rings. The molecule has 18 heavy (non-hydrogen) atoms. The molecule has 3 rings (SSSR count). The second kappa shape index (κ2) is 4.72. The molecule has 4 atom stereocenters. The summed E-state index contributed by atoms with van der Waals surface area (Å²) in [5, 5.41) is 0. The van der Waals surface area contributed by atoms with E-state index < -0.39 is 0 Å². The summed E-state index contributed by atoms with van der Waals surface area (Å²) in [6.45, 7) is 5.62. The number of epoxide rings is 1. The van der Waals surface area contributed by atoms with Gasteiger partial charge in [-0.05, 0) is 44.4 Å². The highest BCUT2D eigenvalue weighted by molar-refractivity contribution is 5.16. The first-order chi connectivity index (χ1) is 8.62. The van der Waals surface area contributed by atoms with E-state index in [9.17, 15) is 0 Å². The highest BCUT2D eigenvalue weighted by Gasteiger charge is 2.34. The molecule has 2 aliphatic carbocycles. The Hall–Kier alpha value is -0.780. The maximum absolute atomic E-state index is 5.77. The second-order valence-corrected chi connectivity index (χ2v) is 6.32. The Morgan fingerprint density at radius 2 is 2.17 bits per heavy atom. The van der Waals surface area contributed by atoms with Crippen molar-refractivity contribution in [3.63, 3.8) is 0 Å². The van der Waals surface area contributed by atoms with Gasteiger partial charge in [0.1, 0.15) is 11.7 Å². The summed E-state index contributed by atoms with van der Waals surface area (Å²) in [7, 11) is 0. The summed E-state index contributed by atoms with van der Waals surface area (Å²) >= 11 is 0. The number of rotatable bonds is 4. The van der Waals surface area contributed by atoms with Gasteiger partial charge in [-0.1, -0.05) is 24.0 Å². The van der Waals surface area contributed by atoms with Crippen LogP contribution in [0.2, 0.25) is 0 Å². The van der Waals surface area contributed by atoms with Crippen molar-refractivity contribution in [3.05, 3.63) is 12.2 Å². The van der Waals surface area contributed by atoms with E-state index in [4.69, 9.17) is 9.47 Å². The zero-order chi connectivity index (χ0) is 12.6.